The molecule has 6 aliphatic rings. The maximum absolute atomic E-state index is 5.59. The van der Waals surface area contributed by atoms with E-state index < -0.39 is 0 Å². The number of hydrogen-bond donors (Lipinski definition) is 1. The third-order valence-electron chi connectivity index (χ3n) is 11.1. The molecule has 3 atom stereocenters. The van der Waals surface area contributed by atoms with Gasteiger partial charge in [0.1, 0.15) is 0 Å². The van der Waals surface area contributed by atoms with Crippen molar-refractivity contribution in [3.8, 4) is 0 Å². The molecule has 0 radical (unpaired) electrons. The van der Waals surface area contributed by atoms with E-state index in [1.165, 1.54) is 134 Å². The minimum Gasteiger partial charge on any atom is -0.379 e. The number of piperazine rings is 1. The summed E-state index contributed by atoms with van der Waals surface area (Å²) in [6.07, 6.45) is 12.7. The highest BCUT2D eigenvalue weighted by Crippen LogP contribution is 2.54. The van der Waals surface area contributed by atoms with Gasteiger partial charge in [0.25, 0.3) is 0 Å². The molecule has 1 aromatic rings. The van der Waals surface area contributed by atoms with Crippen molar-refractivity contribution in [1.29, 1.82) is 0 Å². The van der Waals surface area contributed by atoms with Gasteiger partial charge in [-0.15, -0.1) is 0 Å². The van der Waals surface area contributed by atoms with E-state index in [4.69, 9.17) is 9.72 Å². The lowest BCUT2D eigenvalue weighted by Gasteiger charge is -2.37. The molecule has 3 unspecified atom stereocenters. The van der Waals surface area contributed by atoms with Crippen LogP contribution in [-0.2, 0) is 17.6 Å². The fourth-order valence-corrected chi connectivity index (χ4v) is 8.82. The van der Waals surface area contributed by atoms with E-state index in [0.29, 0.717) is 18.0 Å². The van der Waals surface area contributed by atoms with Crippen molar-refractivity contribution in [3.05, 3.63) is 17.0 Å². The molecule has 0 aromatic carbocycles. The smallest absolute Gasteiger partial charge is 0.0832 e. The minimum absolute atomic E-state index is 0.605. The van der Waals surface area contributed by atoms with E-state index in [2.05, 4.69) is 36.9 Å². The topological polar surface area (TPSA) is 50.4 Å². The summed E-state index contributed by atoms with van der Waals surface area (Å²) in [4.78, 5) is 19.0. The predicted octanol–water partition coefficient (Wildman–Crippen LogP) is 2.94. The molecular formula is C33H55N7O. The lowest BCUT2D eigenvalue weighted by atomic mass is 9.80. The number of likely N-dealkylation sites (N-methyl/N-ethyl adjacent to an activating group) is 1. The molecule has 7 rings (SSSR count). The zero-order chi connectivity index (χ0) is 27.6. The van der Waals surface area contributed by atoms with E-state index in [1.54, 1.807) is 16.9 Å². The van der Waals surface area contributed by atoms with Crippen molar-refractivity contribution in [2.45, 2.75) is 82.2 Å². The van der Waals surface area contributed by atoms with Crippen molar-refractivity contribution < 1.29 is 4.74 Å². The standard InChI is InChI=1S/C33H55N7O/c1-36-17-19-37(20-18-36)12-4-11-34-26-9-10-30-28(25-26)31-33-32(27-7-2-3-8-29(27)35-31)39(15-6-16-40(30)33)14-5-13-38-21-23-41-24-22-38/h26,28,30,34H,2-25H2,1H3. The van der Waals surface area contributed by atoms with Gasteiger partial charge in [0.15, 0.2) is 0 Å². The summed E-state index contributed by atoms with van der Waals surface area (Å²) in [6.45, 7) is 16.1. The summed E-state index contributed by atoms with van der Waals surface area (Å²) < 4.78 is 5.59. The van der Waals surface area contributed by atoms with Crippen LogP contribution in [0.1, 0.15) is 74.2 Å². The Balaban J connectivity index is 1.04. The highest BCUT2D eigenvalue weighted by Gasteiger charge is 2.47. The predicted molar refractivity (Wildman–Crippen MR) is 168 cm³/mol. The normalized spacial score (nSPS) is 29.2. The zero-order valence-electron chi connectivity index (χ0n) is 25.8. The summed E-state index contributed by atoms with van der Waals surface area (Å²) in [7, 11) is 2.25. The van der Waals surface area contributed by atoms with Gasteiger partial charge in [0, 0.05) is 89.1 Å². The Bertz CT molecular complexity index is 1020. The van der Waals surface area contributed by atoms with Crippen LogP contribution in [0.15, 0.2) is 0 Å². The second-order valence-electron chi connectivity index (χ2n) is 13.8. The number of fused-ring (bicyclic) bond motifs is 5. The highest BCUT2D eigenvalue weighted by atomic mass is 16.5. The molecule has 41 heavy (non-hydrogen) atoms. The number of anilines is 2. The van der Waals surface area contributed by atoms with Gasteiger partial charge in [-0.1, -0.05) is 0 Å². The molecular weight excluding hydrogens is 510 g/mol. The second kappa shape index (κ2) is 13.0. The second-order valence-corrected chi connectivity index (χ2v) is 13.8. The van der Waals surface area contributed by atoms with Gasteiger partial charge in [-0.25, -0.2) is 0 Å². The molecule has 228 valence electrons. The molecule has 8 heteroatoms. The quantitative estimate of drug-likeness (QED) is 0.459. The third-order valence-corrected chi connectivity index (χ3v) is 11.1. The first-order chi connectivity index (χ1) is 20.2. The van der Waals surface area contributed by atoms with Gasteiger partial charge in [-0.2, -0.15) is 0 Å². The van der Waals surface area contributed by atoms with E-state index >= 15 is 0 Å². The van der Waals surface area contributed by atoms with Crippen LogP contribution in [0.25, 0.3) is 0 Å². The zero-order valence-corrected chi connectivity index (χ0v) is 25.8. The van der Waals surface area contributed by atoms with Gasteiger partial charge in [-0.05, 0) is 89.9 Å². The van der Waals surface area contributed by atoms with Gasteiger partial charge >= 0.3 is 0 Å². The fourth-order valence-electron chi connectivity index (χ4n) is 8.82. The SMILES string of the molecule is CN1CCN(CCCNC2CCC3C(C2)c2nc4c(c5c2N3CCCN5CCCN2CCOCC2)CCCC4)CC1. The molecule has 1 N–H and O–H groups in total. The van der Waals surface area contributed by atoms with Crippen molar-refractivity contribution in [2.24, 2.45) is 0 Å². The Morgan fingerprint density at radius 3 is 2.49 bits per heavy atom. The maximum Gasteiger partial charge on any atom is 0.0832 e. The summed E-state index contributed by atoms with van der Waals surface area (Å²) in [5, 5.41) is 4.01. The molecule has 2 aliphatic carbocycles. The highest BCUT2D eigenvalue weighted by molar-refractivity contribution is 5.82. The van der Waals surface area contributed by atoms with Crippen molar-refractivity contribution in [3.63, 3.8) is 0 Å². The maximum atomic E-state index is 5.59. The van der Waals surface area contributed by atoms with Gasteiger partial charge in [0.05, 0.1) is 30.3 Å². The van der Waals surface area contributed by atoms with E-state index in [0.717, 1.165) is 32.8 Å². The Hall–Kier alpha value is -1.45. The number of pyridine rings is 1. The monoisotopic (exact) mass is 565 g/mol. The Labute approximate surface area is 248 Å². The fraction of sp³-hybridized carbons (Fsp3) is 0.848. The van der Waals surface area contributed by atoms with Crippen LogP contribution >= 0.6 is 0 Å². The summed E-state index contributed by atoms with van der Waals surface area (Å²) in [5.41, 5.74) is 7.74. The molecule has 1 saturated carbocycles. The first kappa shape index (κ1) is 28.3. The number of nitrogens with one attached hydrogen (secondary N) is 1. The Kier molecular flexibility index (Phi) is 9.01. The molecule has 3 fully saturated rings. The van der Waals surface area contributed by atoms with Crippen LogP contribution in [0, 0.1) is 0 Å². The van der Waals surface area contributed by atoms with E-state index in [1.807, 2.05) is 0 Å². The number of ether oxygens (including phenoxy) is 1. The van der Waals surface area contributed by atoms with Crippen LogP contribution in [0.3, 0.4) is 0 Å². The number of hydrogen-bond acceptors (Lipinski definition) is 8. The first-order valence-corrected chi connectivity index (χ1v) is 17.3. The number of rotatable bonds is 9. The lowest BCUT2D eigenvalue weighted by molar-refractivity contribution is 0.0376. The third kappa shape index (κ3) is 6.14. The van der Waals surface area contributed by atoms with E-state index in [9.17, 15) is 0 Å². The molecule has 8 nitrogen and oxygen atoms in total. The molecule has 2 saturated heterocycles. The van der Waals surface area contributed by atoms with Crippen molar-refractivity contribution in [2.75, 3.05) is 109 Å². The summed E-state index contributed by atoms with van der Waals surface area (Å²) in [6, 6.07) is 1.31. The summed E-state index contributed by atoms with van der Waals surface area (Å²) >= 11 is 0. The van der Waals surface area contributed by atoms with Gasteiger partial charge < -0.3 is 29.7 Å². The molecule has 0 bridgehead atoms. The number of aromatic nitrogens is 1. The van der Waals surface area contributed by atoms with E-state index in [-0.39, 0.29) is 0 Å². The largest absolute Gasteiger partial charge is 0.379 e. The Morgan fingerprint density at radius 1 is 0.805 bits per heavy atom. The van der Waals surface area contributed by atoms with Gasteiger partial charge in [0.2, 0.25) is 0 Å². The van der Waals surface area contributed by atoms with Crippen molar-refractivity contribution in [1.82, 2.24) is 25.0 Å². The number of morpholine rings is 1. The first-order valence-electron chi connectivity index (χ1n) is 17.3. The molecule has 1 aromatic heterocycles. The Morgan fingerprint density at radius 2 is 1.61 bits per heavy atom. The molecule has 4 aliphatic heterocycles. The molecule has 0 amide bonds. The number of nitrogens with zero attached hydrogens (tertiary/aromatic N) is 6. The molecule has 5 heterocycles. The van der Waals surface area contributed by atoms with Crippen molar-refractivity contribution >= 4 is 11.4 Å². The van der Waals surface area contributed by atoms with Crippen LogP contribution < -0.4 is 15.1 Å². The average molecular weight is 566 g/mol. The average Bonchev–Trinajstić information content (AvgIpc) is 3.17. The number of aryl methyl sites for hydroxylation is 1. The van der Waals surface area contributed by atoms with Crippen LogP contribution in [-0.4, -0.2) is 131 Å². The summed E-state index contributed by atoms with van der Waals surface area (Å²) in [5.74, 6) is 0.605. The van der Waals surface area contributed by atoms with Crippen LogP contribution in [0.2, 0.25) is 0 Å². The molecule has 0 spiro atoms. The van der Waals surface area contributed by atoms with Crippen LogP contribution in [0.4, 0.5) is 11.4 Å². The minimum atomic E-state index is 0.605. The van der Waals surface area contributed by atoms with Gasteiger partial charge in [-0.3, -0.25) is 9.88 Å². The lowest BCUT2D eigenvalue weighted by Crippen LogP contribution is -2.46. The van der Waals surface area contributed by atoms with Crippen LogP contribution in [0.5, 0.6) is 0 Å².